The molecule has 0 aromatic heterocycles. The topological polar surface area (TPSA) is 29.5 Å². The second-order valence-electron chi connectivity index (χ2n) is 9.83. The zero-order chi connectivity index (χ0) is 22.4. The van der Waals surface area contributed by atoms with Crippen LogP contribution in [0.3, 0.4) is 0 Å². The number of quaternary nitrogens is 1. The van der Waals surface area contributed by atoms with Gasteiger partial charge in [0.1, 0.15) is 31.5 Å². The summed E-state index contributed by atoms with van der Waals surface area (Å²) < 4.78 is 6.92. The summed E-state index contributed by atoms with van der Waals surface area (Å²) in [5.74, 6) is 2.14. The summed E-state index contributed by atoms with van der Waals surface area (Å²) in [5.41, 5.74) is 3.71. The lowest BCUT2D eigenvalue weighted by Gasteiger charge is -2.47. The van der Waals surface area contributed by atoms with Gasteiger partial charge in [-0.1, -0.05) is 86.6 Å². The number of ether oxygens (including phenoxy) is 1. The standard InChI is InChI=1S/C29H36NO2/c1-23-17-24(2)19-30(18-23,20-25-9-5-3-6-10-25)21-28(31)22-32-29-15-13-27(14-16-29)26-11-7-4-8-12-26/h3-16,23-24,28,31H,17-22H2,1-2H3/q+1. The van der Waals surface area contributed by atoms with Gasteiger partial charge in [-0.3, -0.25) is 0 Å². The average Bonchev–Trinajstić information content (AvgIpc) is 2.78. The number of nitrogens with zero attached hydrogens (tertiary/aromatic N) is 1. The maximum Gasteiger partial charge on any atom is 0.137 e. The monoisotopic (exact) mass is 430 g/mol. The van der Waals surface area contributed by atoms with E-state index in [0.717, 1.165) is 36.4 Å². The first-order valence-corrected chi connectivity index (χ1v) is 11.9. The molecule has 168 valence electrons. The third-order valence-electron chi connectivity index (χ3n) is 6.57. The first kappa shape index (κ1) is 22.6. The first-order chi connectivity index (χ1) is 15.5. The maximum atomic E-state index is 11.0. The zero-order valence-corrected chi connectivity index (χ0v) is 19.4. The Balaban J connectivity index is 1.39. The molecule has 0 amide bonds. The molecule has 0 radical (unpaired) electrons. The molecule has 3 aromatic rings. The van der Waals surface area contributed by atoms with Crippen LogP contribution in [0.25, 0.3) is 11.1 Å². The number of aliphatic hydroxyl groups is 1. The summed E-state index contributed by atoms with van der Waals surface area (Å²) in [6, 6.07) is 29.2. The minimum absolute atomic E-state index is 0.322. The largest absolute Gasteiger partial charge is 0.491 e. The van der Waals surface area contributed by atoms with Crippen LogP contribution in [0.4, 0.5) is 0 Å². The molecule has 1 aliphatic heterocycles. The van der Waals surface area contributed by atoms with E-state index in [9.17, 15) is 5.11 Å². The molecule has 1 saturated heterocycles. The Morgan fingerprint density at radius 1 is 0.812 bits per heavy atom. The summed E-state index contributed by atoms with van der Waals surface area (Å²) in [6.45, 7) is 8.95. The van der Waals surface area contributed by atoms with Crippen LogP contribution < -0.4 is 4.74 Å². The lowest BCUT2D eigenvalue weighted by molar-refractivity contribution is -0.954. The molecule has 0 saturated carbocycles. The quantitative estimate of drug-likeness (QED) is 0.459. The van der Waals surface area contributed by atoms with Crippen molar-refractivity contribution >= 4 is 0 Å². The molecule has 1 heterocycles. The van der Waals surface area contributed by atoms with E-state index in [4.69, 9.17) is 4.74 Å². The van der Waals surface area contributed by atoms with E-state index >= 15 is 0 Å². The van der Waals surface area contributed by atoms with Gasteiger partial charge in [-0.2, -0.15) is 0 Å². The normalized spacial score (nSPS) is 24.1. The highest BCUT2D eigenvalue weighted by Gasteiger charge is 2.38. The molecule has 0 bridgehead atoms. The van der Waals surface area contributed by atoms with E-state index in [0.29, 0.717) is 18.4 Å². The highest BCUT2D eigenvalue weighted by molar-refractivity contribution is 5.63. The molecular formula is C29H36NO2+. The van der Waals surface area contributed by atoms with E-state index in [-0.39, 0.29) is 0 Å². The van der Waals surface area contributed by atoms with Crippen molar-refractivity contribution in [2.75, 3.05) is 26.2 Å². The van der Waals surface area contributed by atoms with E-state index in [2.05, 4.69) is 68.4 Å². The van der Waals surface area contributed by atoms with Gasteiger partial charge in [0, 0.05) is 17.4 Å². The maximum absolute atomic E-state index is 11.0. The van der Waals surface area contributed by atoms with Crippen molar-refractivity contribution in [3.63, 3.8) is 0 Å². The molecule has 3 aromatic carbocycles. The summed E-state index contributed by atoms with van der Waals surface area (Å²) in [7, 11) is 0. The Kier molecular flexibility index (Phi) is 7.29. The number of piperidine rings is 1. The molecule has 32 heavy (non-hydrogen) atoms. The molecule has 4 rings (SSSR count). The van der Waals surface area contributed by atoms with Crippen LogP contribution >= 0.6 is 0 Å². The van der Waals surface area contributed by atoms with Crippen molar-refractivity contribution < 1.29 is 14.3 Å². The molecule has 3 atom stereocenters. The van der Waals surface area contributed by atoms with Crippen LogP contribution in [-0.2, 0) is 6.54 Å². The molecule has 1 N–H and O–H groups in total. The van der Waals surface area contributed by atoms with Crippen LogP contribution in [0.1, 0.15) is 25.8 Å². The Bertz CT molecular complexity index is 945. The van der Waals surface area contributed by atoms with Crippen LogP contribution in [0.2, 0.25) is 0 Å². The Morgan fingerprint density at radius 2 is 1.38 bits per heavy atom. The number of benzene rings is 3. The molecule has 1 aliphatic rings. The minimum Gasteiger partial charge on any atom is -0.491 e. The van der Waals surface area contributed by atoms with Crippen LogP contribution in [0.5, 0.6) is 5.75 Å². The Labute approximate surface area is 192 Å². The molecule has 0 aliphatic carbocycles. The number of aliphatic hydroxyl groups excluding tert-OH is 1. The smallest absolute Gasteiger partial charge is 0.137 e. The molecule has 3 nitrogen and oxygen atoms in total. The molecule has 1 fully saturated rings. The lowest BCUT2D eigenvalue weighted by Crippen LogP contribution is -2.59. The second kappa shape index (κ2) is 10.3. The molecule has 3 unspecified atom stereocenters. The third-order valence-corrected chi connectivity index (χ3v) is 6.57. The zero-order valence-electron chi connectivity index (χ0n) is 19.4. The van der Waals surface area contributed by atoms with Crippen molar-refractivity contribution in [2.45, 2.75) is 32.9 Å². The van der Waals surface area contributed by atoms with Gasteiger partial charge >= 0.3 is 0 Å². The van der Waals surface area contributed by atoms with E-state index < -0.39 is 6.10 Å². The predicted octanol–water partition coefficient (Wildman–Crippen LogP) is 5.79. The van der Waals surface area contributed by atoms with Gasteiger partial charge in [0.25, 0.3) is 0 Å². The molecule has 0 spiro atoms. The fourth-order valence-electron chi connectivity index (χ4n) is 5.61. The summed E-state index contributed by atoms with van der Waals surface area (Å²) >= 11 is 0. The van der Waals surface area contributed by atoms with Gasteiger partial charge < -0.3 is 14.3 Å². The number of rotatable bonds is 8. The van der Waals surface area contributed by atoms with Gasteiger partial charge in [0.05, 0.1) is 13.1 Å². The number of hydrogen-bond donors (Lipinski definition) is 1. The van der Waals surface area contributed by atoms with Crippen molar-refractivity contribution in [3.8, 4) is 16.9 Å². The van der Waals surface area contributed by atoms with Gasteiger partial charge in [0.15, 0.2) is 0 Å². The fraction of sp³-hybridized carbons (Fsp3) is 0.379. The lowest BCUT2D eigenvalue weighted by atomic mass is 9.88. The summed E-state index contributed by atoms with van der Waals surface area (Å²) in [5, 5.41) is 11.0. The van der Waals surface area contributed by atoms with E-state index in [1.807, 2.05) is 30.3 Å². The first-order valence-electron chi connectivity index (χ1n) is 11.9. The van der Waals surface area contributed by atoms with Crippen LogP contribution in [0.15, 0.2) is 84.9 Å². The van der Waals surface area contributed by atoms with Crippen molar-refractivity contribution in [1.82, 2.24) is 0 Å². The van der Waals surface area contributed by atoms with Crippen molar-refractivity contribution in [2.24, 2.45) is 11.8 Å². The number of hydrogen-bond acceptors (Lipinski definition) is 2. The van der Waals surface area contributed by atoms with Crippen LogP contribution in [-0.4, -0.2) is 41.9 Å². The molecule has 3 heteroatoms. The Hall–Kier alpha value is -2.62. The van der Waals surface area contributed by atoms with Crippen molar-refractivity contribution in [1.29, 1.82) is 0 Å². The highest BCUT2D eigenvalue weighted by atomic mass is 16.5. The average molecular weight is 431 g/mol. The van der Waals surface area contributed by atoms with E-state index in [1.54, 1.807) is 0 Å². The summed E-state index contributed by atoms with van der Waals surface area (Å²) in [4.78, 5) is 0. The summed E-state index contributed by atoms with van der Waals surface area (Å²) in [6.07, 6.45) is 0.778. The van der Waals surface area contributed by atoms with Crippen molar-refractivity contribution in [3.05, 3.63) is 90.5 Å². The highest BCUT2D eigenvalue weighted by Crippen LogP contribution is 2.30. The van der Waals surface area contributed by atoms with Gasteiger partial charge in [-0.15, -0.1) is 0 Å². The van der Waals surface area contributed by atoms with E-state index in [1.165, 1.54) is 23.1 Å². The Morgan fingerprint density at radius 3 is 2.00 bits per heavy atom. The van der Waals surface area contributed by atoms with Gasteiger partial charge in [-0.05, 0) is 29.7 Å². The second-order valence-corrected chi connectivity index (χ2v) is 9.83. The fourth-order valence-corrected chi connectivity index (χ4v) is 5.61. The molecular weight excluding hydrogens is 394 g/mol. The minimum atomic E-state index is -0.495. The van der Waals surface area contributed by atoms with Crippen LogP contribution in [0, 0.1) is 11.8 Å². The third kappa shape index (κ3) is 5.99. The van der Waals surface area contributed by atoms with Gasteiger partial charge in [-0.25, -0.2) is 0 Å². The predicted molar refractivity (Wildman–Crippen MR) is 131 cm³/mol. The SMILES string of the molecule is CC1CC(C)C[N+](Cc2ccccc2)(CC(O)COc2ccc(-c3ccccc3)cc2)C1. The number of likely N-dealkylation sites (tertiary alicyclic amines) is 1. The van der Waals surface area contributed by atoms with Gasteiger partial charge in [0.2, 0.25) is 0 Å².